The summed E-state index contributed by atoms with van der Waals surface area (Å²) < 4.78 is 1.85. The minimum atomic E-state index is -0.112. The third-order valence-corrected chi connectivity index (χ3v) is 5.11. The molecule has 2 aliphatic rings. The summed E-state index contributed by atoms with van der Waals surface area (Å²) in [5.41, 5.74) is 3.17. The number of aromatic nitrogens is 3. The molecule has 6 nitrogen and oxygen atoms in total. The van der Waals surface area contributed by atoms with Crippen LogP contribution in [-0.2, 0) is 12.8 Å². The Bertz CT molecular complexity index is 726. The molecule has 2 heterocycles. The molecular weight excluding hydrogens is 338 g/mol. The van der Waals surface area contributed by atoms with Gasteiger partial charge < -0.3 is 10.6 Å². The maximum absolute atomic E-state index is 12.5. The van der Waals surface area contributed by atoms with Crippen molar-refractivity contribution < 1.29 is 4.79 Å². The second-order valence-electron chi connectivity index (χ2n) is 6.75. The second kappa shape index (κ2) is 7.97. The van der Waals surface area contributed by atoms with Gasteiger partial charge in [-0.05, 0) is 56.3 Å². The van der Waals surface area contributed by atoms with Gasteiger partial charge in [0.15, 0.2) is 5.69 Å². The van der Waals surface area contributed by atoms with Crippen LogP contribution in [0.3, 0.4) is 0 Å². The second-order valence-corrected chi connectivity index (χ2v) is 6.75. The average molecular weight is 362 g/mol. The number of rotatable bonds is 3. The standard InChI is InChI=1S/C18H23N5O.ClH/c24-18(17-12-23(22-21-17)16-7-9-19-10-8-16)20-15-6-5-13-3-1-2-4-14(13)11-15;/h1-4,12,15-16,19H,5-11H2,(H,20,24);1H. The van der Waals surface area contributed by atoms with Crippen LogP contribution in [0.25, 0.3) is 0 Å². The SMILES string of the molecule is Cl.O=C(NC1CCc2ccccc2C1)c1cn(C2CCNCC2)nn1. The molecule has 1 unspecified atom stereocenters. The summed E-state index contributed by atoms with van der Waals surface area (Å²) in [5, 5.41) is 14.7. The topological polar surface area (TPSA) is 71.8 Å². The summed E-state index contributed by atoms with van der Waals surface area (Å²) in [6.45, 7) is 1.99. The van der Waals surface area contributed by atoms with E-state index in [-0.39, 0.29) is 24.4 Å². The maximum Gasteiger partial charge on any atom is 0.273 e. The molecule has 1 aromatic heterocycles. The summed E-state index contributed by atoms with van der Waals surface area (Å²) >= 11 is 0. The van der Waals surface area contributed by atoms with Crippen molar-refractivity contribution in [2.75, 3.05) is 13.1 Å². The highest BCUT2D eigenvalue weighted by Crippen LogP contribution is 2.21. The summed E-state index contributed by atoms with van der Waals surface area (Å²) in [7, 11) is 0. The number of amides is 1. The molecule has 1 aliphatic heterocycles. The zero-order valence-electron chi connectivity index (χ0n) is 14.1. The van der Waals surface area contributed by atoms with E-state index in [2.05, 4.69) is 45.2 Å². The van der Waals surface area contributed by atoms with Gasteiger partial charge in [0, 0.05) is 6.04 Å². The normalized spacial score (nSPS) is 20.4. The van der Waals surface area contributed by atoms with Crippen molar-refractivity contribution in [2.45, 2.75) is 44.2 Å². The first kappa shape index (κ1) is 17.9. The highest BCUT2D eigenvalue weighted by Gasteiger charge is 2.23. The maximum atomic E-state index is 12.5. The zero-order chi connectivity index (χ0) is 16.4. The van der Waals surface area contributed by atoms with Gasteiger partial charge in [-0.1, -0.05) is 29.5 Å². The lowest BCUT2D eigenvalue weighted by Crippen LogP contribution is -2.39. The Morgan fingerprint density at radius 1 is 1.16 bits per heavy atom. The number of hydrogen-bond acceptors (Lipinski definition) is 4. The Morgan fingerprint density at radius 3 is 2.72 bits per heavy atom. The van der Waals surface area contributed by atoms with E-state index in [0.29, 0.717) is 11.7 Å². The number of benzene rings is 1. The van der Waals surface area contributed by atoms with E-state index in [1.807, 2.05) is 4.68 Å². The van der Waals surface area contributed by atoms with Gasteiger partial charge in [-0.3, -0.25) is 4.79 Å². The monoisotopic (exact) mass is 361 g/mol. The van der Waals surface area contributed by atoms with Crippen molar-refractivity contribution >= 4 is 18.3 Å². The van der Waals surface area contributed by atoms with E-state index < -0.39 is 0 Å². The van der Waals surface area contributed by atoms with Crippen LogP contribution in [0.5, 0.6) is 0 Å². The van der Waals surface area contributed by atoms with Crippen LogP contribution in [0.2, 0.25) is 0 Å². The molecule has 2 N–H and O–H groups in total. The van der Waals surface area contributed by atoms with Gasteiger partial charge in [0.1, 0.15) is 0 Å². The highest BCUT2D eigenvalue weighted by atomic mass is 35.5. The summed E-state index contributed by atoms with van der Waals surface area (Å²) in [4.78, 5) is 12.5. The van der Waals surface area contributed by atoms with Crippen LogP contribution in [0.4, 0.5) is 0 Å². The molecule has 7 heteroatoms. The van der Waals surface area contributed by atoms with E-state index in [1.54, 1.807) is 6.20 Å². The summed E-state index contributed by atoms with van der Waals surface area (Å²) in [6.07, 6.45) is 6.74. The lowest BCUT2D eigenvalue weighted by molar-refractivity contribution is 0.0928. The number of hydrogen-bond donors (Lipinski definition) is 2. The van der Waals surface area contributed by atoms with Crippen LogP contribution in [-0.4, -0.2) is 40.0 Å². The Balaban J connectivity index is 0.00000182. The van der Waals surface area contributed by atoms with Crippen molar-refractivity contribution in [1.82, 2.24) is 25.6 Å². The van der Waals surface area contributed by atoms with E-state index in [9.17, 15) is 4.79 Å². The molecule has 1 fully saturated rings. The van der Waals surface area contributed by atoms with Gasteiger partial charge in [0.05, 0.1) is 12.2 Å². The highest BCUT2D eigenvalue weighted by molar-refractivity contribution is 5.92. The summed E-state index contributed by atoms with van der Waals surface area (Å²) in [6, 6.07) is 9.00. The predicted molar refractivity (Wildman–Crippen MR) is 98.1 cm³/mol. The van der Waals surface area contributed by atoms with Gasteiger partial charge in [0.25, 0.3) is 5.91 Å². The first-order valence-electron chi connectivity index (χ1n) is 8.80. The number of nitrogens with one attached hydrogen (secondary N) is 2. The van der Waals surface area contributed by atoms with Gasteiger partial charge in [0.2, 0.25) is 0 Å². The zero-order valence-corrected chi connectivity index (χ0v) is 15.0. The fourth-order valence-corrected chi connectivity index (χ4v) is 3.71. The van der Waals surface area contributed by atoms with Crippen LogP contribution < -0.4 is 10.6 Å². The molecule has 1 aliphatic carbocycles. The quantitative estimate of drug-likeness (QED) is 0.876. The predicted octanol–water partition coefficient (Wildman–Crippen LogP) is 1.91. The average Bonchev–Trinajstić information content (AvgIpc) is 3.13. The van der Waals surface area contributed by atoms with Crippen molar-refractivity contribution in [3.8, 4) is 0 Å². The Hall–Kier alpha value is -1.92. The minimum absolute atomic E-state index is 0. The van der Waals surface area contributed by atoms with Crippen molar-refractivity contribution in [1.29, 1.82) is 0 Å². The number of carbonyl (C=O) groups excluding carboxylic acids is 1. The van der Waals surface area contributed by atoms with E-state index in [4.69, 9.17) is 0 Å². The third-order valence-electron chi connectivity index (χ3n) is 5.11. The smallest absolute Gasteiger partial charge is 0.273 e. The minimum Gasteiger partial charge on any atom is -0.348 e. The number of fused-ring (bicyclic) bond motifs is 1. The number of nitrogens with zero attached hydrogens (tertiary/aromatic N) is 3. The fourth-order valence-electron chi connectivity index (χ4n) is 3.71. The number of aryl methyl sites for hydroxylation is 1. The van der Waals surface area contributed by atoms with Gasteiger partial charge in [-0.25, -0.2) is 4.68 Å². The molecule has 0 bridgehead atoms. The van der Waals surface area contributed by atoms with E-state index in [0.717, 1.165) is 45.2 Å². The molecule has 4 rings (SSSR count). The number of piperidine rings is 1. The first-order valence-corrected chi connectivity index (χ1v) is 8.80. The van der Waals surface area contributed by atoms with Crippen LogP contribution in [0, 0.1) is 0 Å². The summed E-state index contributed by atoms with van der Waals surface area (Å²) in [5.74, 6) is -0.112. The van der Waals surface area contributed by atoms with Gasteiger partial charge in [-0.2, -0.15) is 0 Å². The van der Waals surface area contributed by atoms with Gasteiger partial charge in [-0.15, -0.1) is 17.5 Å². The molecule has 0 spiro atoms. The Kier molecular flexibility index (Phi) is 5.71. The number of halogens is 1. The first-order chi connectivity index (χ1) is 11.8. The van der Waals surface area contributed by atoms with Crippen LogP contribution >= 0.6 is 12.4 Å². The molecule has 25 heavy (non-hydrogen) atoms. The van der Waals surface area contributed by atoms with Crippen molar-refractivity contribution in [3.05, 3.63) is 47.3 Å². The largest absolute Gasteiger partial charge is 0.348 e. The van der Waals surface area contributed by atoms with Crippen molar-refractivity contribution in [2.24, 2.45) is 0 Å². The molecule has 0 saturated carbocycles. The molecule has 134 valence electrons. The molecule has 1 aromatic carbocycles. The fraction of sp³-hybridized carbons (Fsp3) is 0.500. The molecule has 2 aromatic rings. The van der Waals surface area contributed by atoms with Crippen molar-refractivity contribution in [3.63, 3.8) is 0 Å². The molecule has 0 radical (unpaired) electrons. The lowest BCUT2D eigenvalue weighted by Gasteiger charge is -2.25. The lowest BCUT2D eigenvalue weighted by atomic mass is 9.88. The Labute approximate surface area is 153 Å². The Morgan fingerprint density at radius 2 is 1.92 bits per heavy atom. The molecule has 1 saturated heterocycles. The van der Waals surface area contributed by atoms with Crippen LogP contribution in [0.15, 0.2) is 30.5 Å². The van der Waals surface area contributed by atoms with Crippen LogP contribution in [0.1, 0.15) is 46.9 Å². The van der Waals surface area contributed by atoms with E-state index >= 15 is 0 Å². The molecular formula is C18H24ClN5O. The molecule has 1 atom stereocenters. The van der Waals surface area contributed by atoms with Gasteiger partial charge >= 0.3 is 0 Å². The number of carbonyl (C=O) groups is 1. The third kappa shape index (κ3) is 4.02. The molecule has 1 amide bonds. The van der Waals surface area contributed by atoms with E-state index in [1.165, 1.54) is 11.1 Å².